The maximum Gasteiger partial charge on any atom is 0.338 e. The van der Waals surface area contributed by atoms with E-state index in [4.69, 9.17) is 14.4 Å². The Morgan fingerprint density at radius 2 is 2.08 bits per heavy atom. The molecule has 0 unspecified atom stereocenters. The fraction of sp³-hybridized carbons (Fsp3) is 0.118. The molecule has 0 saturated heterocycles. The van der Waals surface area contributed by atoms with Gasteiger partial charge in [0.25, 0.3) is 5.91 Å². The summed E-state index contributed by atoms with van der Waals surface area (Å²) in [6.45, 7) is 1.46. The number of carbonyl (C=O) groups is 2. The van der Waals surface area contributed by atoms with Crippen LogP contribution in [0.4, 0.5) is 5.00 Å². The molecule has 3 aromatic rings. The molecule has 0 spiro atoms. The quantitative estimate of drug-likeness (QED) is 0.688. The summed E-state index contributed by atoms with van der Waals surface area (Å²) in [7, 11) is 0. The summed E-state index contributed by atoms with van der Waals surface area (Å²) in [4.78, 5) is 24.3. The van der Waals surface area contributed by atoms with E-state index in [9.17, 15) is 9.59 Å². The number of hydrogen-bond acceptors (Lipinski definition) is 8. The highest BCUT2D eigenvalue weighted by atomic mass is 32.1. The minimum absolute atomic E-state index is 0.279. The first-order chi connectivity index (χ1) is 12.6. The highest BCUT2D eigenvalue weighted by Crippen LogP contribution is 2.22. The van der Waals surface area contributed by atoms with E-state index in [2.05, 4.69) is 15.5 Å². The highest BCUT2D eigenvalue weighted by Gasteiger charge is 2.20. The van der Waals surface area contributed by atoms with Crippen LogP contribution < -0.4 is 5.32 Å². The van der Waals surface area contributed by atoms with Crippen molar-refractivity contribution in [3.8, 4) is 17.5 Å². The molecule has 1 aromatic carbocycles. The molecule has 1 N–H and O–H groups in total. The third-order valence-electron chi connectivity index (χ3n) is 3.40. The lowest BCUT2D eigenvalue weighted by atomic mass is 10.1. The van der Waals surface area contributed by atoms with Gasteiger partial charge in [0.15, 0.2) is 6.10 Å². The van der Waals surface area contributed by atoms with E-state index in [1.165, 1.54) is 24.7 Å². The Hall–Kier alpha value is -3.51. The molecular weight excluding hydrogens is 356 g/mol. The average Bonchev–Trinajstić information content (AvgIpc) is 3.33. The number of nitriles is 1. The predicted octanol–water partition coefficient (Wildman–Crippen LogP) is 2.85. The number of nitrogens with one attached hydrogen (secondary N) is 1. The highest BCUT2D eigenvalue weighted by molar-refractivity contribution is 7.14. The van der Waals surface area contributed by atoms with Crippen LogP contribution in [0.3, 0.4) is 0 Å². The van der Waals surface area contributed by atoms with Crippen LogP contribution in [0.25, 0.3) is 11.5 Å². The average molecular weight is 368 g/mol. The van der Waals surface area contributed by atoms with E-state index in [0.29, 0.717) is 22.0 Å². The zero-order valence-corrected chi connectivity index (χ0v) is 14.3. The summed E-state index contributed by atoms with van der Waals surface area (Å²) in [5.74, 6) is -0.821. The van der Waals surface area contributed by atoms with Crippen molar-refractivity contribution in [2.45, 2.75) is 13.0 Å². The Kier molecular flexibility index (Phi) is 5.05. The molecule has 2 heterocycles. The maximum atomic E-state index is 12.2. The first-order valence-corrected chi connectivity index (χ1v) is 8.32. The van der Waals surface area contributed by atoms with E-state index >= 15 is 0 Å². The van der Waals surface area contributed by atoms with Gasteiger partial charge in [-0.25, -0.2) is 4.79 Å². The molecule has 0 fully saturated rings. The molecule has 26 heavy (non-hydrogen) atoms. The minimum Gasteiger partial charge on any atom is -0.449 e. The van der Waals surface area contributed by atoms with E-state index in [-0.39, 0.29) is 5.56 Å². The molecule has 9 heteroatoms. The largest absolute Gasteiger partial charge is 0.449 e. The number of amides is 1. The SMILES string of the molecule is C[C@@H](OC(=O)c1ccc(-c2nnco2)cc1)C(=O)Nc1sccc1C#N. The Morgan fingerprint density at radius 1 is 1.31 bits per heavy atom. The van der Waals surface area contributed by atoms with Gasteiger partial charge in [0.05, 0.1) is 11.1 Å². The second kappa shape index (κ2) is 7.58. The molecule has 2 aromatic heterocycles. The first kappa shape index (κ1) is 17.3. The molecule has 8 nitrogen and oxygen atoms in total. The molecule has 0 aliphatic heterocycles. The van der Waals surface area contributed by atoms with Crippen LogP contribution in [0.2, 0.25) is 0 Å². The summed E-state index contributed by atoms with van der Waals surface area (Å²) in [5, 5.41) is 21.0. The van der Waals surface area contributed by atoms with Crippen LogP contribution in [-0.4, -0.2) is 28.2 Å². The number of ether oxygens (including phenoxy) is 1. The summed E-state index contributed by atoms with van der Waals surface area (Å²) >= 11 is 1.22. The number of esters is 1. The third-order valence-corrected chi connectivity index (χ3v) is 4.23. The van der Waals surface area contributed by atoms with Gasteiger partial charge < -0.3 is 14.5 Å². The molecule has 0 bridgehead atoms. The van der Waals surface area contributed by atoms with Crippen LogP contribution in [0.15, 0.2) is 46.5 Å². The van der Waals surface area contributed by atoms with Crippen molar-refractivity contribution in [3.63, 3.8) is 0 Å². The van der Waals surface area contributed by atoms with Gasteiger partial charge in [0, 0.05) is 5.56 Å². The second-order valence-corrected chi connectivity index (χ2v) is 6.05. The fourth-order valence-electron chi connectivity index (χ4n) is 2.04. The van der Waals surface area contributed by atoms with Crippen molar-refractivity contribution in [1.29, 1.82) is 5.26 Å². The lowest BCUT2D eigenvalue weighted by Crippen LogP contribution is -2.29. The van der Waals surface area contributed by atoms with Crippen molar-refractivity contribution in [2.75, 3.05) is 5.32 Å². The lowest BCUT2D eigenvalue weighted by molar-refractivity contribution is -0.123. The predicted molar refractivity (Wildman–Crippen MR) is 92.3 cm³/mol. The smallest absolute Gasteiger partial charge is 0.338 e. The first-order valence-electron chi connectivity index (χ1n) is 7.44. The van der Waals surface area contributed by atoms with Crippen molar-refractivity contribution in [1.82, 2.24) is 10.2 Å². The zero-order valence-electron chi connectivity index (χ0n) is 13.5. The van der Waals surface area contributed by atoms with Crippen LogP contribution >= 0.6 is 11.3 Å². The van der Waals surface area contributed by atoms with E-state index < -0.39 is 18.0 Å². The van der Waals surface area contributed by atoms with Crippen LogP contribution in [0.1, 0.15) is 22.8 Å². The standard InChI is InChI=1S/C17H12N4O4S/c1-10(14(22)20-16-13(8-18)6-7-26-16)25-17(23)12-4-2-11(3-5-12)15-21-19-9-24-15/h2-7,9-10H,1H3,(H,20,22)/t10-/m1/s1. The number of aromatic nitrogens is 2. The van der Waals surface area contributed by atoms with E-state index in [0.717, 1.165) is 0 Å². The zero-order chi connectivity index (χ0) is 18.5. The summed E-state index contributed by atoms with van der Waals surface area (Å²) in [6, 6.07) is 9.93. The Morgan fingerprint density at radius 3 is 2.73 bits per heavy atom. The topological polar surface area (TPSA) is 118 Å². The number of benzene rings is 1. The summed E-state index contributed by atoms with van der Waals surface area (Å²) in [5.41, 5.74) is 1.30. The molecule has 3 rings (SSSR count). The van der Waals surface area contributed by atoms with Crippen LogP contribution in [0, 0.1) is 11.3 Å². The molecule has 130 valence electrons. The number of nitrogens with zero attached hydrogens (tertiary/aromatic N) is 3. The van der Waals surface area contributed by atoms with Crippen LogP contribution in [-0.2, 0) is 9.53 Å². The number of rotatable bonds is 5. The Balaban J connectivity index is 1.62. The third kappa shape index (κ3) is 3.76. The number of carbonyl (C=O) groups excluding carboxylic acids is 2. The second-order valence-electron chi connectivity index (χ2n) is 5.13. The minimum atomic E-state index is -1.02. The van der Waals surface area contributed by atoms with Gasteiger partial charge in [0.2, 0.25) is 12.3 Å². The van der Waals surface area contributed by atoms with Gasteiger partial charge in [-0.05, 0) is 42.6 Å². The molecule has 0 aliphatic rings. The van der Waals surface area contributed by atoms with E-state index in [1.807, 2.05) is 6.07 Å². The van der Waals surface area contributed by atoms with Gasteiger partial charge >= 0.3 is 5.97 Å². The molecule has 0 radical (unpaired) electrons. The van der Waals surface area contributed by atoms with Gasteiger partial charge in [-0.2, -0.15) is 5.26 Å². The normalized spacial score (nSPS) is 11.4. The molecule has 0 aliphatic carbocycles. The van der Waals surface area contributed by atoms with Gasteiger partial charge in [-0.15, -0.1) is 21.5 Å². The van der Waals surface area contributed by atoms with Crippen molar-refractivity contribution >= 4 is 28.2 Å². The monoisotopic (exact) mass is 368 g/mol. The summed E-state index contributed by atoms with van der Waals surface area (Å²) < 4.78 is 10.2. The summed E-state index contributed by atoms with van der Waals surface area (Å²) in [6.07, 6.45) is 0.190. The molecule has 1 amide bonds. The van der Waals surface area contributed by atoms with E-state index in [1.54, 1.807) is 35.7 Å². The van der Waals surface area contributed by atoms with Gasteiger partial charge in [-0.1, -0.05) is 0 Å². The van der Waals surface area contributed by atoms with Crippen molar-refractivity contribution in [2.24, 2.45) is 0 Å². The molecule has 1 atom stereocenters. The molecule has 0 saturated carbocycles. The molecular formula is C17H12N4O4S. The van der Waals surface area contributed by atoms with Crippen molar-refractivity contribution < 1.29 is 18.7 Å². The van der Waals surface area contributed by atoms with Gasteiger partial charge in [-0.3, -0.25) is 4.79 Å². The van der Waals surface area contributed by atoms with Crippen molar-refractivity contribution in [3.05, 3.63) is 53.2 Å². The van der Waals surface area contributed by atoms with Crippen LogP contribution in [0.5, 0.6) is 0 Å². The lowest BCUT2D eigenvalue weighted by Gasteiger charge is -2.13. The number of anilines is 1. The Labute approximate surface area is 152 Å². The number of hydrogen-bond donors (Lipinski definition) is 1. The maximum absolute atomic E-state index is 12.2. The number of thiophene rings is 1. The Bertz CT molecular complexity index is 958. The van der Waals surface area contributed by atoms with Gasteiger partial charge in [0.1, 0.15) is 11.1 Å². The fourth-order valence-corrected chi connectivity index (χ4v) is 2.78.